The van der Waals surface area contributed by atoms with Gasteiger partial charge < -0.3 is 13.9 Å². The third-order valence-electron chi connectivity index (χ3n) is 3.91. The lowest BCUT2D eigenvalue weighted by molar-refractivity contribution is -0.131. The molecule has 2 heterocycles. The molecule has 9 heteroatoms. The lowest BCUT2D eigenvalue weighted by Gasteiger charge is -1.99. The first-order valence-electron chi connectivity index (χ1n) is 8.56. The van der Waals surface area contributed by atoms with Gasteiger partial charge in [0.1, 0.15) is 16.4 Å². The summed E-state index contributed by atoms with van der Waals surface area (Å²) in [7, 11) is 0. The van der Waals surface area contributed by atoms with Crippen LogP contribution in [0.15, 0.2) is 79.6 Å². The van der Waals surface area contributed by atoms with Crippen LogP contribution in [0.5, 0.6) is 0 Å². The van der Waals surface area contributed by atoms with Crippen LogP contribution in [0.1, 0.15) is 5.76 Å². The maximum atomic E-state index is 11.7. The van der Waals surface area contributed by atoms with E-state index in [1.54, 1.807) is 48.5 Å². The van der Waals surface area contributed by atoms with Crippen molar-refractivity contribution in [1.29, 1.82) is 0 Å². The van der Waals surface area contributed by atoms with Crippen molar-refractivity contribution in [2.75, 3.05) is 0 Å². The fourth-order valence-corrected chi connectivity index (χ4v) is 3.51. The predicted molar refractivity (Wildman–Crippen MR) is 115 cm³/mol. The molecule has 0 spiro atoms. The van der Waals surface area contributed by atoms with Crippen LogP contribution in [-0.2, 0) is 4.79 Å². The number of hydrogen-bond donors (Lipinski definition) is 1. The zero-order valence-corrected chi connectivity index (χ0v) is 17.4. The van der Waals surface area contributed by atoms with Gasteiger partial charge in [-0.15, -0.1) is 10.2 Å². The van der Waals surface area contributed by atoms with Gasteiger partial charge in [-0.1, -0.05) is 35.3 Å². The molecule has 0 unspecified atom stereocenters. The van der Waals surface area contributed by atoms with Crippen LogP contribution >= 0.6 is 35.0 Å². The average molecular weight is 459 g/mol. The summed E-state index contributed by atoms with van der Waals surface area (Å²) in [6, 6.07) is 17.5. The minimum atomic E-state index is -1.15. The number of aromatic nitrogens is 2. The quantitative estimate of drug-likeness (QED) is 0.259. The molecule has 30 heavy (non-hydrogen) atoms. The first-order chi connectivity index (χ1) is 14.5. The number of halogens is 2. The highest BCUT2D eigenvalue weighted by molar-refractivity contribution is 8.03. The maximum Gasteiger partial charge on any atom is 0.342 e. The molecule has 0 saturated heterocycles. The number of nitrogens with zero attached hydrogens (tertiary/aromatic N) is 2. The molecule has 0 radical (unpaired) electrons. The van der Waals surface area contributed by atoms with Crippen molar-refractivity contribution in [3.8, 4) is 22.8 Å². The maximum absolute atomic E-state index is 11.7. The molecule has 150 valence electrons. The van der Waals surface area contributed by atoms with Crippen molar-refractivity contribution < 1.29 is 18.7 Å². The summed E-state index contributed by atoms with van der Waals surface area (Å²) < 4.78 is 11.3. The third kappa shape index (κ3) is 4.76. The molecule has 4 rings (SSSR count). The Labute approximate surface area is 185 Å². The van der Waals surface area contributed by atoms with E-state index in [0.717, 1.165) is 17.3 Å². The second-order valence-corrected chi connectivity index (χ2v) is 7.87. The molecule has 6 nitrogen and oxygen atoms in total. The standard InChI is InChI=1S/C21H12Cl2N2O4S/c22-14-6-4-12(5-7-14)19-24-25-21(29-19)30-18(20(26)27)11-16-8-9-17(28-16)13-2-1-3-15(23)10-13/h1-11H,(H,26,27)/b18-11-. The molecule has 0 aliphatic heterocycles. The van der Waals surface area contributed by atoms with Crippen LogP contribution in [0.2, 0.25) is 10.0 Å². The highest BCUT2D eigenvalue weighted by Crippen LogP contribution is 2.32. The zero-order chi connectivity index (χ0) is 21.1. The predicted octanol–water partition coefficient (Wildman–Crippen LogP) is 6.52. The Balaban J connectivity index is 1.56. The Morgan fingerprint density at radius 2 is 1.73 bits per heavy atom. The summed E-state index contributed by atoms with van der Waals surface area (Å²) in [6.45, 7) is 0. The fraction of sp³-hybridized carbons (Fsp3) is 0. The minimum absolute atomic E-state index is 0.0340. The topological polar surface area (TPSA) is 89.4 Å². The number of furan rings is 1. The number of aliphatic carboxylic acids is 1. The van der Waals surface area contributed by atoms with Crippen LogP contribution in [0, 0.1) is 0 Å². The van der Waals surface area contributed by atoms with Crippen LogP contribution < -0.4 is 0 Å². The molecule has 4 aromatic rings. The summed E-state index contributed by atoms with van der Waals surface area (Å²) in [6.07, 6.45) is 1.40. The van der Waals surface area contributed by atoms with E-state index < -0.39 is 5.97 Å². The number of thioether (sulfide) groups is 1. The normalized spacial score (nSPS) is 11.6. The molecule has 2 aromatic carbocycles. The summed E-state index contributed by atoms with van der Waals surface area (Å²) in [5.74, 6) is 0.0562. The zero-order valence-electron chi connectivity index (χ0n) is 15.1. The molecule has 2 aromatic heterocycles. The Morgan fingerprint density at radius 3 is 2.47 bits per heavy atom. The van der Waals surface area contributed by atoms with Gasteiger partial charge >= 0.3 is 5.97 Å². The highest BCUT2D eigenvalue weighted by atomic mass is 35.5. The van der Waals surface area contributed by atoms with Gasteiger partial charge in [0.25, 0.3) is 5.22 Å². The molecular formula is C21H12Cl2N2O4S. The average Bonchev–Trinajstić information content (AvgIpc) is 3.38. The number of benzene rings is 2. The van der Waals surface area contributed by atoms with Gasteiger partial charge in [-0.25, -0.2) is 4.79 Å². The molecule has 0 bridgehead atoms. The molecule has 1 N–H and O–H groups in total. The summed E-state index contributed by atoms with van der Waals surface area (Å²) in [5, 5.41) is 18.7. The van der Waals surface area contributed by atoms with Crippen LogP contribution in [0.25, 0.3) is 28.9 Å². The van der Waals surface area contributed by atoms with Crippen LogP contribution in [0.4, 0.5) is 0 Å². The van der Waals surface area contributed by atoms with Crippen molar-refractivity contribution in [2.45, 2.75) is 5.22 Å². The molecule has 0 amide bonds. The summed E-state index contributed by atoms with van der Waals surface area (Å²) >= 11 is 12.7. The Morgan fingerprint density at radius 1 is 0.933 bits per heavy atom. The van der Waals surface area contributed by atoms with Crippen LogP contribution in [-0.4, -0.2) is 21.3 Å². The minimum Gasteiger partial charge on any atom is -0.477 e. The summed E-state index contributed by atoms with van der Waals surface area (Å²) in [4.78, 5) is 11.7. The van der Waals surface area contributed by atoms with E-state index in [0.29, 0.717) is 27.1 Å². The number of carboxylic acids is 1. The van der Waals surface area contributed by atoms with E-state index in [2.05, 4.69) is 10.2 Å². The smallest absolute Gasteiger partial charge is 0.342 e. The van der Waals surface area contributed by atoms with Crippen LogP contribution in [0.3, 0.4) is 0 Å². The second-order valence-electron chi connectivity index (χ2n) is 6.01. The third-order valence-corrected chi connectivity index (χ3v) is 5.25. The molecule has 0 saturated carbocycles. The van der Waals surface area contributed by atoms with Gasteiger partial charge in [-0.2, -0.15) is 0 Å². The summed E-state index contributed by atoms with van der Waals surface area (Å²) in [5.41, 5.74) is 1.47. The van der Waals surface area contributed by atoms with Gasteiger partial charge in [-0.05, 0) is 60.3 Å². The fourth-order valence-electron chi connectivity index (χ4n) is 2.55. The highest BCUT2D eigenvalue weighted by Gasteiger charge is 2.17. The second kappa shape index (κ2) is 8.79. The van der Waals surface area contributed by atoms with Gasteiger partial charge in [0, 0.05) is 27.2 Å². The van der Waals surface area contributed by atoms with Crippen molar-refractivity contribution >= 4 is 47.0 Å². The molecule has 0 aliphatic carbocycles. The van der Waals surface area contributed by atoms with Crippen molar-refractivity contribution in [2.24, 2.45) is 0 Å². The SMILES string of the molecule is O=C(O)/C(=C/c1ccc(-c2cccc(Cl)c2)o1)Sc1nnc(-c2ccc(Cl)cc2)o1. The van der Waals surface area contributed by atoms with E-state index in [4.69, 9.17) is 32.0 Å². The van der Waals surface area contributed by atoms with Crippen molar-refractivity contribution in [3.05, 3.63) is 81.4 Å². The number of hydrogen-bond acceptors (Lipinski definition) is 6. The Hall–Kier alpha value is -3.00. The molecular weight excluding hydrogens is 447 g/mol. The largest absolute Gasteiger partial charge is 0.477 e. The van der Waals surface area contributed by atoms with Gasteiger partial charge in [0.15, 0.2) is 0 Å². The van der Waals surface area contributed by atoms with E-state index in [1.165, 1.54) is 6.08 Å². The number of carboxylic acid groups (broad SMARTS) is 1. The first-order valence-corrected chi connectivity index (χ1v) is 10.1. The van der Waals surface area contributed by atoms with E-state index in [9.17, 15) is 9.90 Å². The van der Waals surface area contributed by atoms with E-state index >= 15 is 0 Å². The van der Waals surface area contributed by atoms with Crippen molar-refractivity contribution in [1.82, 2.24) is 10.2 Å². The Bertz CT molecular complexity index is 1230. The number of rotatable bonds is 6. The van der Waals surface area contributed by atoms with Gasteiger partial charge in [0.05, 0.1) is 0 Å². The molecule has 0 aliphatic rings. The van der Waals surface area contributed by atoms with Crippen molar-refractivity contribution in [3.63, 3.8) is 0 Å². The van der Waals surface area contributed by atoms with E-state index in [-0.39, 0.29) is 16.0 Å². The molecule has 0 fully saturated rings. The lowest BCUT2D eigenvalue weighted by atomic mass is 10.2. The van der Waals surface area contributed by atoms with Gasteiger partial charge in [0.2, 0.25) is 5.89 Å². The van der Waals surface area contributed by atoms with E-state index in [1.807, 2.05) is 12.1 Å². The van der Waals surface area contributed by atoms with Gasteiger partial charge in [-0.3, -0.25) is 0 Å². The first kappa shape index (κ1) is 20.3. The Kier molecular flexibility index (Phi) is 5.94. The monoisotopic (exact) mass is 458 g/mol. The number of carbonyl (C=O) groups is 1. The lowest BCUT2D eigenvalue weighted by Crippen LogP contribution is -1.96. The molecule has 0 atom stereocenters.